The van der Waals surface area contributed by atoms with Crippen molar-refractivity contribution in [2.45, 2.75) is 26.2 Å². The van der Waals surface area contributed by atoms with E-state index >= 15 is 0 Å². The molecule has 0 saturated carbocycles. The summed E-state index contributed by atoms with van der Waals surface area (Å²) in [4.78, 5) is 11.9. The number of hydrogen-bond donors (Lipinski definition) is 2. The van der Waals surface area contributed by atoms with E-state index in [4.69, 9.17) is 9.47 Å². The minimum absolute atomic E-state index is 0.0399. The Bertz CT molecular complexity index is 227. The van der Waals surface area contributed by atoms with E-state index in [1.54, 1.807) is 14.2 Å². The van der Waals surface area contributed by atoms with Crippen molar-refractivity contribution in [3.8, 4) is 0 Å². The summed E-state index contributed by atoms with van der Waals surface area (Å²) in [6.45, 7) is 5.70. The molecular weight excluding hydrogens is 208 g/mol. The zero-order valence-corrected chi connectivity index (χ0v) is 10.4. The minimum atomic E-state index is -0.393. The second-order valence-electron chi connectivity index (χ2n) is 4.34. The second-order valence-corrected chi connectivity index (χ2v) is 4.34. The van der Waals surface area contributed by atoms with Crippen LogP contribution in [0.25, 0.3) is 0 Å². The van der Waals surface area contributed by atoms with Crippen LogP contribution in [0, 0.1) is 11.8 Å². The largest absolute Gasteiger partial charge is 0.354 e. The lowest BCUT2D eigenvalue weighted by Gasteiger charge is -2.33. The predicted molar refractivity (Wildman–Crippen MR) is 60.9 cm³/mol. The molecule has 1 heterocycles. The van der Waals surface area contributed by atoms with Gasteiger partial charge in [0.15, 0.2) is 6.29 Å². The van der Waals surface area contributed by atoms with Crippen LogP contribution in [0.3, 0.4) is 0 Å². The van der Waals surface area contributed by atoms with Crippen molar-refractivity contribution in [3.63, 3.8) is 0 Å². The van der Waals surface area contributed by atoms with E-state index in [0.29, 0.717) is 5.92 Å². The van der Waals surface area contributed by atoms with Gasteiger partial charge in [0.25, 0.3) is 0 Å². The molecule has 2 unspecified atom stereocenters. The Morgan fingerprint density at radius 2 is 1.88 bits per heavy atom. The van der Waals surface area contributed by atoms with Gasteiger partial charge in [-0.25, -0.2) is 0 Å². The van der Waals surface area contributed by atoms with Gasteiger partial charge in [0.05, 0.1) is 6.04 Å². The number of ether oxygens (including phenoxy) is 2. The van der Waals surface area contributed by atoms with E-state index in [-0.39, 0.29) is 17.9 Å². The van der Waals surface area contributed by atoms with Crippen molar-refractivity contribution in [1.29, 1.82) is 0 Å². The zero-order valence-electron chi connectivity index (χ0n) is 10.4. The molecule has 5 heteroatoms. The van der Waals surface area contributed by atoms with Crippen LogP contribution in [0.15, 0.2) is 0 Å². The van der Waals surface area contributed by atoms with Crippen LogP contribution < -0.4 is 10.6 Å². The summed E-state index contributed by atoms with van der Waals surface area (Å²) in [5, 5.41) is 6.08. The lowest BCUT2D eigenvalue weighted by Crippen LogP contribution is -2.52. The molecule has 2 atom stereocenters. The highest BCUT2D eigenvalue weighted by Crippen LogP contribution is 2.16. The zero-order chi connectivity index (χ0) is 12.1. The molecule has 2 N–H and O–H groups in total. The van der Waals surface area contributed by atoms with Gasteiger partial charge < -0.3 is 20.1 Å². The fraction of sp³-hybridized carbons (Fsp3) is 0.909. The summed E-state index contributed by atoms with van der Waals surface area (Å²) in [6, 6.07) is -0.141. The van der Waals surface area contributed by atoms with Crippen molar-refractivity contribution in [2.24, 2.45) is 11.8 Å². The average molecular weight is 230 g/mol. The third kappa shape index (κ3) is 3.17. The molecule has 1 amide bonds. The SMILES string of the molecule is COC(OC)C(C)NC(=O)C(C)C1CNC1. The molecule has 0 aromatic carbocycles. The van der Waals surface area contributed by atoms with Gasteiger partial charge in [-0.3, -0.25) is 4.79 Å². The first-order valence-corrected chi connectivity index (χ1v) is 5.66. The Morgan fingerprint density at radius 3 is 2.25 bits per heavy atom. The predicted octanol–water partition coefficient (Wildman–Crippen LogP) is -0.0345. The molecule has 5 nitrogen and oxygen atoms in total. The molecule has 16 heavy (non-hydrogen) atoms. The maximum Gasteiger partial charge on any atom is 0.223 e. The van der Waals surface area contributed by atoms with Crippen LogP contribution >= 0.6 is 0 Å². The molecule has 0 aliphatic carbocycles. The topological polar surface area (TPSA) is 59.6 Å². The van der Waals surface area contributed by atoms with E-state index < -0.39 is 6.29 Å². The van der Waals surface area contributed by atoms with Gasteiger partial charge in [-0.2, -0.15) is 0 Å². The third-order valence-electron chi connectivity index (χ3n) is 3.18. The Hall–Kier alpha value is -0.650. The van der Waals surface area contributed by atoms with Crippen LogP contribution in [0.5, 0.6) is 0 Å². The van der Waals surface area contributed by atoms with Gasteiger partial charge in [-0.1, -0.05) is 6.92 Å². The number of hydrogen-bond acceptors (Lipinski definition) is 4. The molecular formula is C11H22N2O3. The van der Waals surface area contributed by atoms with E-state index in [1.165, 1.54) is 0 Å². The summed E-state index contributed by atoms with van der Waals surface area (Å²) in [5.41, 5.74) is 0. The Labute approximate surface area is 96.9 Å². The molecule has 1 aliphatic rings. The Kier molecular flexibility index (Phi) is 5.18. The minimum Gasteiger partial charge on any atom is -0.354 e. The van der Waals surface area contributed by atoms with Crippen molar-refractivity contribution >= 4 is 5.91 Å². The number of rotatable bonds is 6. The summed E-state index contributed by atoms with van der Waals surface area (Å²) in [5.74, 6) is 0.562. The third-order valence-corrected chi connectivity index (χ3v) is 3.18. The fourth-order valence-corrected chi connectivity index (χ4v) is 1.81. The molecule has 0 radical (unpaired) electrons. The first-order valence-electron chi connectivity index (χ1n) is 5.66. The molecule has 1 aliphatic heterocycles. The number of carbonyl (C=O) groups is 1. The maximum atomic E-state index is 11.9. The van der Waals surface area contributed by atoms with Crippen molar-refractivity contribution < 1.29 is 14.3 Å². The van der Waals surface area contributed by atoms with Crippen molar-refractivity contribution in [3.05, 3.63) is 0 Å². The summed E-state index contributed by atoms with van der Waals surface area (Å²) in [6.07, 6.45) is -0.393. The summed E-state index contributed by atoms with van der Waals surface area (Å²) < 4.78 is 10.2. The monoisotopic (exact) mass is 230 g/mol. The first-order chi connectivity index (χ1) is 7.60. The molecule has 1 fully saturated rings. The summed E-state index contributed by atoms with van der Waals surface area (Å²) >= 11 is 0. The molecule has 0 aromatic rings. The number of nitrogens with one attached hydrogen (secondary N) is 2. The van der Waals surface area contributed by atoms with E-state index in [2.05, 4.69) is 10.6 Å². The normalized spacial score (nSPS) is 20.3. The molecule has 0 spiro atoms. The van der Waals surface area contributed by atoms with Crippen LogP contribution in [-0.4, -0.2) is 45.5 Å². The van der Waals surface area contributed by atoms with Crippen LogP contribution in [0.2, 0.25) is 0 Å². The smallest absolute Gasteiger partial charge is 0.223 e. The Balaban J connectivity index is 2.37. The number of carbonyl (C=O) groups excluding carboxylic acids is 1. The van der Waals surface area contributed by atoms with E-state index in [9.17, 15) is 4.79 Å². The van der Waals surface area contributed by atoms with Gasteiger partial charge in [0.1, 0.15) is 0 Å². The molecule has 0 bridgehead atoms. The van der Waals surface area contributed by atoms with Crippen LogP contribution in [-0.2, 0) is 14.3 Å². The maximum absolute atomic E-state index is 11.9. The van der Waals surface area contributed by atoms with E-state index in [0.717, 1.165) is 13.1 Å². The highest BCUT2D eigenvalue weighted by Gasteiger charge is 2.30. The van der Waals surface area contributed by atoms with Gasteiger partial charge in [-0.15, -0.1) is 0 Å². The first kappa shape index (κ1) is 13.4. The van der Waals surface area contributed by atoms with E-state index in [1.807, 2.05) is 13.8 Å². The van der Waals surface area contributed by atoms with Gasteiger partial charge >= 0.3 is 0 Å². The van der Waals surface area contributed by atoms with Crippen LogP contribution in [0.1, 0.15) is 13.8 Å². The molecule has 1 rings (SSSR count). The molecule has 0 aromatic heterocycles. The number of amides is 1. The van der Waals surface area contributed by atoms with Crippen LogP contribution in [0.4, 0.5) is 0 Å². The van der Waals surface area contributed by atoms with Crippen molar-refractivity contribution in [1.82, 2.24) is 10.6 Å². The molecule has 1 saturated heterocycles. The van der Waals surface area contributed by atoms with Gasteiger partial charge in [-0.05, 0) is 25.9 Å². The van der Waals surface area contributed by atoms with Gasteiger partial charge in [0.2, 0.25) is 5.91 Å². The number of methoxy groups -OCH3 is 2. The highest BCUT2D eigenvalue weighted by atomic mass is 16.7. The van der Waals surface area contributed by atoms with Crippen molar-refractivity contribution in [2.75, 3.05) is 27.3 Å². The van der Waals surface area contributed by atoms with Gasteiger partial charge in [0, 0.05) is 20.1 Å². The Morgan fingerprint density at radius 1 is 1.31 bits per heavy atom. The lowest BCUT2D eigenvalue weighted by atomic mass is 9.88. The summed E-state index contributed by atoms with van der Waals surface area (Å²) in [7, 11) is 3.13. The fourth-order valence-electron chi connectivity index (χ4n) is 1.81. The highest BCUT2D eigenvalue weighted by molar-refractivity contribution is 5.79. The molecule has 94 valence electrons. The lowest BCUT2D eigenvalue weighted by molar-refractivity contribution is -0.139. The quantitative estimate of drug-likeness (QED) is 0.629. The average Bonchev–Trinajstić information content (AvgIpc) is 2.16. The standard InChI is InChI=1S/C11H22N2O3/c1-7(9-5-12-6-9)10(14)13-8(2)11(15-3)16-4/h7-9,11-12H,5-6H2,1-4H3,(H,13,14). The second kappa shape index (κ2) is 6.18.